The van der Waals surface area contributed by atoms with E-state index in [4.69, 9.17) is 15.0 Å². The third kappa shape index (κ3) is 6.74. The van der Waals surface area contributed by atoms with Crippen LogP contribution >= 0.6 is 0 Å². The zero-order valence-electron chi connectivity index (χ0n) is 40.3. The topological polar surface area (TPSA) is 48.5 Å². The third-order valence-electron chi connectivity index (χ3n) is 15.2. The van der Waals surface area contributed by atoms with E-state index in [-0.39, 0.29) is 0 Å². The van der Waals surface area contributed by atoms with Crippen LogP contribution in [0.1, 0.15) is 24.0 Å². The molecule has 0 aliphatic heterocycles. The van der Waals surface area contributed by atoms with Crippen LogP contribution in [-0.4, -0.2) is 24.1 Å². The number of allylic oxidation sites excluding steroid dienone is 4. The molecule has 74 heavy (non-hydrogen) atoms. The van der Waals surface area contributed by atoms with Gasteiger partial charge in [0.15, 0.2) is 11.6 Å². The van der Waals surface area contributed by atoms with E-state index in [1.54, 1.807) is 0 Å². The molecule has 14 aromatic rings. The smallest absolute Gasteiger partial charge is 0.238 e. The summed E-state index contributed by atoms with van der Waals surface area (Å²) in [7, 11) is 0. The molecule has 0 fully saturated rings. The molecular formula is C69H45N5. The van der Waals surface area contributed by atoms with Crippen LogP contribution in [0.15, 0.2) is 249 Å². The predicted molar refractivity (Wildman–Crippen MR) is 309 cm³/mol. The minimum absolute atomic E-state index is 0.572. The van der Waals surface area contributed by atoms with E-state index in [9.17, 15) is 0 Å². The number of rotatable bonds is 7. The number of aromatic nitrogens is 5. The molecule has 0 amide bonds. The van der Waals surface area contributed by atoms with Gasteiger partial charge in [-0.3, -0.25) is 4.57 Å². The minimum Gasteiger partial charge on any atom is -0.309 e. The van der Waals surface area contributed by atoms with E-state index in [1.807, 2.05) is 36.4 Å². The van der Waals surface area contributed by atoms with Crippen molar-refractivity contribution >= 4 is 87.1 Å². The summed E-state index contributed by atoms with van der Waals surface area (Å²) in [5.74, 6) is 1.82. The van der Waals surface area contributed by atoms with Gasteiger partial charge in [0.1, 0.15) is 0 Å². The summed E-state index contributed by atoms with van der Waals surface area (Å²) in [6.07, 6.45) is 6.83. The Hall–Kier alpha value is -9.71. The lowest BCUT2D eigenvalue weighted by molar-refractivity contribution is 0.953. The number of fused-ring (bicyclic) bond motifs is 13. The molecule has 0 unspecified atom stereocenters. The highest BCUT2D eigenvalue weighted by atomic mass is 15.2. The molecule has 0 radical (unpaired) electrons. The molecule has 1 aliphatic carbocycles. The van der Waals surface area contributed by atoms with Gasteiger partial charge < -0.3 is 4.57 Å². The first-order chi connectivity index (χ1) is 36.7. The Balaban J connectivity index is 0.857. The summed E-state index contributed by atoms with van der Waals surface area (Å²) in [6, 6.07) is 85.2. The predicted octanol–water partition coefficient (Wildman–Crippen LogP) is 17.8. The molecule has 5 nitrogen and oxygen atoms in total. The normalized spacial score (nSPS) is 12.9. The summed E-state index contributed by atoms with van der Waals surface area (Å²) < 4.78 is 4.68. The lowest BCUT2D eigenvalue weighted by Crippen LogP contribution is -2.06. The molecule has 5 heteroatoms. The van der Waals surface area contributed by atoms with Crippen molar-refractivity contribution in [1.29, 1.82) is 0 Å². The van der Waals surface area contributed by atoms with E-state index in [1.165, 1.54) is 70.9 Å². The zero-order chi connectivity index (χ0) is 48.7. The summed E-state index contributed by atoms with van der Waals surface area (Å²) in [5, 5.41) is 12.5. The van der Waals surface area contributed by atoms with E-state index >= 15 is 0 Å². The Bertz CT molecular complexity index is 4560. The minimum atomic E-state index is 0.572. The maximum atomic E-state index is 5.24. The van der Waals surface area contributed by atoms with Crippen LogP contribution in [0, 0.1) is 0 Å². The summed E-state index contributed by atoms with van der Waals surface area (Å²) in [5.41, 5.74) is 14.8. The van der Waals surface area contributed by atoms with Gasteiger partial charge in [-0.05, 0) is 121 Å². The SMILES string of the molecule is C1=C(c2cccc(-c3cccc(-n4c5ccccc5c5ccc6c(c7ccccc7n6-c6nc(-c7ccccc7)nc(-c7ccccc7)n6)c54)c3)c2)C=C(c2ccc3c4ccccc4c4ccccc4c3c2)CC1. The average molecular weight is 944 g/mol. The Kier molecular flexibility index (Phi) is 9.64. The van der Waals surface area contributed by atoms with Crippen molar-refractivity contribution in [3.05, 3.63) is 260 Å². The molecule has 346 valence electrons. The van der Waals surface area contributed by atoms with Gasteiger partial charge in [-0.25, -0.2) is 4.98 Å². The molecule has 15 rings (SSSR count). The van der Waals surface area contributed by atoms with Crippen LogP contribution < -0.4 is 0 Å². The Morgan fingerprint density at radius 1 is 0.324 bits per heavy atom. The van der Waals surface area contributed by atoms with Crippen LogP contribution in [-0.2, 0) is 0 Å². The molecule has 3 aromatic heterocycles. The second-order valence-electron chi connectivity index (χ2n) is 19.4. The zero-order valence-corrected chi connectivity index (χ0v) is 40.3. The van der Waals surface area contributed by atoms with E-state index < -0.39 is 0 Å². The number of hydrogen-bond acceptors (Lipinski definition) is 3. The molecule has 3 heterocycles. The first kappa shape index (κ1) is 42.0. The second-order valence-corrected chi connectivity index (χ2v) is 19.4. The first-order valence-electron chi connectivity index (χ1n) is 25.5. The number of benzene rings is 11. The fraction of sp³-hybridized carbons (Fsp3) is 0.0290. The number of nitrogens with zero attached hydrogens (tertiary/aromatic N) is 5. The summed E-state index contributed by atoms with van der Waals surface area (Å²) in [6.45, 7) is 0. The molecule has 0 saturated heterocycles. The van der Waals surface area contributed by atoms with Crippen molar-refractivity contribution in [1.82, 2.24) is 24.1 Å². The highest BCUT2D eigenvalue weighted by Gasteiger charge is 2.23. The number of para-hydroxylation sites is 2. The van der Waals surface area contributed by atoms with Crippen LogP contribution in [0.5, 0.6) is 0 Å². The highest BCUT2D eigenvalue weighted by Crippen LogP contribution is 2.43. The third-order valence-corrected chi connectivity index (χ3v) is 15.2. The van der Waals surface area contributed by atoms with Crippen molar-refractivity contribution in [3.63, 3.8) is 0 Å². The molecule has 0 bridgehead atoms. The Morgan fingerprint density at radius 2 is 0.851 bits per heavy atom. The van der Waals surface area contributed by atoms with Crippen molar-refractivity contribution in [2.45, 2.75) is 12.8 Å². The average Bonchev–Trinajstić information content (AvgIpc) is 4.01. The fourth-order valence-electron chi connectivity index (χ4n) is 11.8. The monoisotopic (exact) mass is 943 g/mol. The molecular weight excluding hydrogens is 899 g/mol. The van der Waals surface area contributed by atoms with Gasteiger partial charge in [0.25, 0.3) is 0 Å². The largest absolute Gasteiger partial charge is 0.309 e. The first-order valence-corrected chi connectivity index (χ1v) is 25.5. The van der Waals surface area contributed by atoms with Crippen molar-refractivity contribution in [2.75, 3.05) is 0 Å². The maximum Gasteiger partial charge on any atom is 0.238 e. The second kappa shape index (κ2) is 17.0. The van der Waals surface area contributed by atoms with E-state index in [0.717, 1.165) is 68.1 Å². The highest BCUT2D eigenvalue weighted by molar-refractivity contribution is 6.27. The van der Waals surface area contributed by atoms with Gasteiger partial charge in [-0.2, -0.15) is 9.97 Å². The van der Waals surface area contributed by atoms with E-state index in [2.05, 4.69) is 221 Å². The molecule has 11 aromatic carbocycles. The lowest BCUT2D eigenvalue weighted by atomic mass is 9.87. The molecule has 1 aliphatic rings. The van der Waals surface area contributed by atoms with Crippen molar-refractivity contribution in [2.24, 2.45) is 0 Å². The van der Waals surface area contributed by atoms with E-state index in [0.29, 0.717) is 17.6 Å². The molecule has 0 N–H and O–H groups in total. The van der Waals surface area contributed by atoms with Gasteiger partial charge in [-0.1, -0.05) is 206 Å². The quantitative estimate of drug-likeness (QED) is 0.150. The summed E-state index contributed by atoms with van der Waals surface area (Å²) >= 11 is 0. The lowest BCUT2D eigenvalue weighted by Gasteiger charge is -2.17. The van der Waals surface area contributed by atoms with Gasteiger partial charge in [0.2, 0.25) is 5.95 Å². The van der Waals surface area contributed by atoms with Gasteiger partial charge in [-0.15, -0.1) is 0 Å². The molecule has 0 saturated carbocycles. The Morgan fingerprint density at radius 3 is 1.54 bits per heavy atom. The molecule has 0 spiro atoms. The van der Waals surface area contributed by atoms with Gasteiger partial charge >= 0.3 is 0 Å². The van der Waals surface area contributed by atoms with Crippen LogP contribution in [0.2, 0.25) is 0 Å². The standard InChI is InChI=1S/C69H45N5/c1-3-18-44(19-4-1)67-70-68(45-20-5-2-6-21-45)72-69(71-67)74-63-35-14-12-33-60(63)65-64(74)39-38-59-58-32-11-13-34-62(58)73(66(59)65)52-27-17-26-50(42-52)48-24-15-22-46(40-48)47-23-16-25-49(41-47)51-36-37-57-55-30-8-7-28-53(55)54-29-9-10-31-56(54)61(57)43-51/h1-15,17-24,26-43H,16,25H2. The number of hydrogen-bond donors (Lipinski definition) is 0. The van der Waals surface area contributed by atoms with Crippen LogP contribution in [0.25, 0.3) is 133 Å². The fourth-order valence-corrected chi connectivity index (χ4v) is 11.8. The van der Waals surface area contributed by atoms with Crippen molar-refractivity contribution < 1.29 is 0 Å². The van der Waals surface area contributed by atoms with Gasteiger partial charge in [0.05, 0.1) is 22.1 Å². The molecule has 0 atom stereocenters. The van der Waals surface area contributed by atoms with Crippen LogP contribution in [0.4, 0.5) is 0 Å². The maximum absolute atomic E-state index is 5.24. The van der Waals surface area contributed by atoms with Gasteiger partial charge in [0, 0.05) is 38.4 Å². The van der Waals surface area contributed by atoms with Crippen LogP contribution in [0.3, 0.4) is 0 Å². The summed E-state index contributed by atoms with van der Waals surface area (Å²) in [4.78, 5) is 15.5. The Labute approximate surface area is 427 Å². The van der Waals surface area contributed by atoms with Crippen molar-refractivity contribution in [3.8, 4) is 45.5 Å².